The summed E-state index contributed by atoms with van der Waals surface area (Å²) in [5, 5.41) is 9.44. The number of carboxylic acid groups (broad SMARTS) is 1. The van der Waals surface area contributed by atoms with Crippen molar-refractivity contribution in [1.82, 2.24) is 0 Å². The molecule has 0 bridgehead atoms. The smallest absolute Gasteiger partial charge is 0.339 e. The fourth-order valence-corrected chi connectivity index (χ4v) is 2.67. The summed E-state index contributed by atoms with van der Waals surface area (Å²) >= 11 is 0. The molecule has 0 fully saturated rings. The Kier molecular flexibility index (Phi) is 8.10. The van der Waals surface area contributed by atoms with Crippen molar-refractivity contribution in [3.63, 3.8) is 0 Å². The van der Waals surface area contributed by atoms with Crippen molar-refractivity contribution in [2.75, 3.05) is 13.2 Å². The number of hydrogen-bond acceptors (Lipinski definition) is 7. The minimum Gasteiger partial charge on any atom is -0.478 e. The van der Waals surface area contributed by atoms with E-state index in [9.17, 15) is 19.5 Å². The standard InChI is InChI=1S/C23H22O8/c1-14(2)19-11-17(6-8-21(19)29-13-24)16-5-7-18(22(25)26)20(12-16)23(27)28-9-10-30-31-15(3)4/h5-8,11-13H,1,3,9-10H2,2,4H3,(H,25,26). The molecule has 0 unspecified atom stereocenters. The highest BCUT2D eigenvalue weighted by Gasteiger charge is 2.19. The van der Waals surface area contributed by atoms with Crippen LogP contribution in [0.1, 0.15) is 40.1 Å². The maximum Gasteiger partial charge on any atom is 0.339 e. The second-order valence-electron chi connectivity index (χ2n) is 6.51. The Morgan fingerprint density at radius 2 is 1.61 bits per heavy atom. The van der Waals surface area contributed by atoms with E-state index in [1.54, 1.807) is 38.1 Å². The van der Waals surface area contributed by atoms with Crippen molar-refractivity contribution in [3.05, 3.63) is 72.0 Å². The predicted molar refractivity (Wildman–Crippen MR) is 112 cm³/mol. The van der Waals surface area contributed by atoms with E-state index in [1.165, 1.54) is 12.1 Å². The van der Waals surface area contributed by atoms with Crippen LogP contribution in [0.15, 0.2) is 55.3 Å². The molecule has 8 nitrogen and oxygen atoms in total. The van der Waals surface area contributed by atoms with Gasteiger partial charge in [0.2, 0.25) is 0 Å². The Balaban J connectivity index is 2.33. The average Bonchev–Trinajstić information content (AvgIpc) is 2.73. The summed E-state index contributed by atoms with van der Waals surface area (Å²) in [6.07, 6.45) is 0. The van der Waals surface area contributed by atoms with Crippen molar-refractivity contribution in [1.29, 1.82) is 0 Å². The van der Waals surface area contributed by atoms with E-state index >= 15 is 0 Å². The molecule has 0 radical (unpaired) electrons. The van der Waals surface area contributed by atoms with Crippen LogP contribution >= 0.6 is 0 Å². The van der Waals surface area contributed by atoms with E-state index in [4.69, 9.17) is 19.2 Å². The molecule has 0 aliphatic carbocycles. The Hall–Kier alpha value is -3.91. The van der Waals surface area contributed by atoms with Crippen LogP contribution < -0.4 is 4.74 Å². The molecule has 8 heteroatoms. The number of ether oxygens (including phenoxy) is 2. The van der Waals surface area contributed by atoms with E-state index in [2.05, 4.69) is 13.2 Å². The number of benzene rings is 2. The van der Waals surface area contributed by atoms with Gasteiger partial charge in [-0.1, -0.05) is 25.3 Å². The number of carbonyl (C=O) groups excluding carboxylic acids is 2. The monoisotopic (exact) mass is 426 g/mol. The first-order valence-corrected chi connectivity index (χ1v) is 9.14. The predicted octanol–water partition coefficient (Wildman–Crippen LogP) is 4.26. The summed E-state index contributed by atoms with van der Waals surface area (Å²) in [6.45, 7) is 10.8. The second-order valence-corrected chi connectivity index (χ2v) is 6.51. The van der Waals surface area contributed by atoms with Crippen LogP contribution in [-0.2, 0) is 19.3 Å². The van der Waals surface area contributed by atoms with Gasteiger partial charge in [-0.3, -0.25) is 4.79 Å². The summed E-state index contributed by atoms with van der Waals surface area (Å²) in [5.41, 5.74) is 2.19. The van der Waals surface area contributed by atoms with Gasteiger partial charge in [0.05, 0.1) is 11.1 Å². The zero-order valence-corrected chi connectivity index (χ0v) is 17.2. The maximum absolute atomic E-state index is 12.5. The van der Waals surface area contributed by atoms with Crippen LogP contribution in [0.25, 0.3) is 16.7 Å². The third kappa shape index (κ3) is 6.28. The molecule has 2 aromatic carbocycles. The summed E-state index contributed by atoms with van der Waals surface area (Å²) in [5.74, 6) is -1.41. The topological polar surface area (TPSA) is 108 Å². The Labute approximate surface area is 179 Å². The summed E-state index contributed by atoms with van der Waals surface area (Å²) in [6, 6.07) is 9.32. The van der Waals surface area contributed by atoms with Gasteiger partial charge in [-0.2, -0.15) is 4.89 Å². The normalized spacial score (nSPS) is 10.1. The highest BCUT2D eigenvalue weighted by molar-refractivity contribution is 6.03. The van der Waals surface area contributed by atoms with Gasteiger partial charge >= 0.3 is 11.9 Å². The first-order chi connectivity index (χ1) is 14.7. The number of allylic oxidation sites excluding steroid dienone is 2. The first kappa shape index (κ1) is 23.4. The number of hydrogen-bond donors (Lipinski definition) is 1. The Bertz CT molecular complexity index is 1020. The molecule has 0 atom stereocenters. The minimum absolute atomic E-state index is 0.0547. The third-order valence-corrected chi connectivity index (χ3v) is 4.02. The molecular weight excluding hydrogens is 404 g/mol. The molecule has 0 aliphatic heterocycles. The minimum atomic E-state index is -1.27. The zero-order chi connectivity index (χ0) is 23.0. The third-order valence-electron chi connectivity index (χ3n) is 4.02. The fraction of sp³-hybridized carbons (Fsp3) is 0.174. The van der Waals surface area contributed by atoms with Gasteiger partial charge in [0.15, 0.2) is 0 Å². The summed E-state index contributed by atoms with van der Waals surface area (Å²) in [4.78, 5) is 44.2. The number of aromatic carboxylic acids is 1. The number of carbonyl (C=O) groups is 3. The van der Waals surface area contributed by atoms with Gasteiger partial charge in [0.1, 0.15) is 24.7 Å². The lowest BCUT2D eigenvalue weighted by Gasteiger charge is -2.12. The van der Waals surface area contributed by atoms with E-state index in [1.807, 2.05) is 0 Å². The highest BCUT2D eigenvalue weighted by atomic mass is 17.2. The van der Waals surface area contributed by atoms with Crippen LogP contribution in [0.4, 0.5) is 0 Å². The fourth-order valence-electron chi connectivity index (χ4n) is 2.67. The molecular formula is C23H22O8. The zero-order valence-electron chi connectivity index (χ0n) is 17.2. The van der Waals surface area contributed by atoms with Crippen molar-refractivity contribution in [2.24, 2.45) is 0 Å². The van der Waals surface area contributed by atoms with Crippen molar-refractivity contribution >= 4 is 24.0 Å². The average molecular weight is 426 g/mol. The van der Waals surface area contributed by atoms with Gasteiger partial charge in [0.25, 0.3) is 6.47 Å². The molecule has 1 N–H and O–H groups in total. The molecule has 2 aromatic rings. The van der Waals surface area contributed by atoms with Gasteiger partial charge in [0, 0.05) is 5.56 Å². The van der Waals surface area contributed by atoms with Crippen LogP contribution in [0.5, 0.6) is 5.75 Å². The molecule has 31 heavy (non-hydrogen) atoms. The first-order valence-electron chi connectivity index (χ1n) is 9.14. The van der Waals surface area contributed by atoms with E-state index < -0.39 is 11.9 Å². The van der Waals surface area contributed by atoms with Crippen molar-refractivity contribution < 1.29 is 38.7 Å². The highest BCUT2D eigenvalue weighted by Crippen LogP contribution is 2.31. The van der Waals surface area contributed by atoms with Crippen molar-refractivity contribution in [3.8, 4) is 16.9 Å². The molecule has 162 valence electrons. The number of esters is 1. The molecule has 0 aliphatic rings. The van der Waals surface area contributed by atoms with Gasteiger partial charge in [-0.15, -0.1) is 0 Å². The quantitative estimate of drug-likeness (QED) is 0.142. The van der Waals surface area contributed by atoms with Gasteiger partial charge < -0.3 is 19.5 Å². The van der Waals surface area contributed by atoms with Crippen LogP contribution in [0.3, 0.4) is 0 Å². The lowest BCUT2D eigenvalue weighted by molar-refractivity contribution is -0.264. The SMILES string of the molecule is C=C(C)OOCCOC(=O)c1cc(-c2ccc(OC=O)c(C(=C)C)c2)ccc1C(=O)O. The molecule has 0 saturated heterocycles. The molecule has 0 aromatic heterocycles. The lowest BCUT2D eigenvalue weighted by Crippen LogP contribution is -2.15. The van der Waals surface area contributed by atoms with E-state index in [-0.39, 0.29) is 24.3 Å². The van der Waals surface area contributed by atoms with Gasteiger partial charge in [-0.25, -0.2) is 9.59 Å². The number of carboxylic acids is 1. The maximum atomic E-state index is 12.5. The van der Waals surface area contributed by atoms with Crippen molar-refractivity contribution in [2.45, 2.75) is 13.8 Å². The van der Waals surface area contributed by atoms with Crippen LogP contribution in [-0.4, -0.2) is 36.7 Å². The lowest BCUT2D eigenvalue weighted by atomic mass is 9.96. The van der Waals surface area contributed by atoms with E-state index in [0.717, 1.165) is 0 Å². The summed E-state index contributed by atoms with van der Waals surface area (Å²) < 4.78 is 10.1. The molecule has 2 rings (SSSR count). The summed E-state index contributed by atoms with van der Waals surface area (Å²) in [7, 11) is 0. The number of rotatable bonds is 11. The van der Waals surface area contributed by atoms with Crippen LogP contribution in [0.2, 0.25) is 0 Å². The van der Waals surface area contributed by atoms with Crippen LogP contribution in [0, 0.1) is 0 Å². The molecule has 0 heterocycles. The Morgan fingerprint density at radius 3 is 2.19 bits per heavy atom. The molecule has 0 saturated carbocycles. The molecule has 0 amide bonds. The Morgan fingerprint density at radius 1 is 0.968 bits per heavy atom. The second kappa shape index (κ2) is 10.7. The van der Waals surface area contributed by atoms with E-state index in [0.29, 0.717) is 40.2 Å². The van der Waals surface area contributed by atoms with Gasteiger partial charge in [-0.05, 0) is 54.8 Å². The largest absolute Gasteiger partial charge is 0.478 e. The molecule has 0 spiro atoms.